The summed E-state index contributed by atoms with van der Waals surface area (Å²) < 4.78 is 14.8. The van der Waals surface area contributed by atoms with Gasteiger partial charge in [0.1, 0.15) is 12.0 Å². The zero-order valence-electron chi connectivity index (χ0n) is 12.6. The van der Waals surface area contributed by atoms with Gasteiger partial charge in [-0.25, -0.2) is 9.37 Å². The summed E-state index contributed by atoms with van der Waals surface area (Å²) in [7, 11) is -0.693. The molecule has 0 radical (unpaired) electrons. The van der Waals surface area contributed by atoms with Crippen LogP contribution in [0.4, 0.5) is 4.39 Å². The quantitative estimate of drug-likeness (QED) is 0.672. The number of aromatic amines is 1. The largest absolute Gasteiger partial charge is 0.437 e. The van der Waals surface area contributed by atoms with Gasteiger partial charge in [0.25, 0.3) is 0 Å². The maximum absolute atomic E-state index is 13.8. The Morgan fingerprint density at radius 3 is 3.00 bits per heavy atom. The van der Waals surface area contributed by atoms with Crippen LogP contribution in [0.1, 0.15) is 18.3 Å². The molecule has 4 rings (SSSR count). The first-order valence-corrected chi connectivity index (χ1v) is 8.48. The van der Waals surface area contributed by atoms with Gasteiger partial charge in [-0.1, -0.05) is 28.1 Å². The highest BCUT2D eigenvalue weighted by molar-refractivity contribution is 9.10. The fourth-order valence-corrected chi connectivity index (χ4v) is 3.82. The number of hydrogen-bond donors (Lipinski definition) is 2. The van der Waals surface area contributed by atoms with Gasteiger partial charge in [-0.15, -0.1) is 0 Å². The van der Waals surface area contributed by atoms with Crippen LogP contribution in [-0.2, 0) is 0 Å². The summed E-state index contributed by atoms with van der Waals surface area (Å²) in [6.07, 6.45) is -0.579. The van der Waals surface area contributed by atoms with Gasteiger partial charge in [0.15, 0.2) is 0 Å². The van der Waals surface area contributed by atoms with E-state index in [0.717, 1.165) is 32.1 Å². The summed E-state index contributed by atoms with van der Waals surface area (Å²) >= 11 is 3.48. The van der Waals surface area contributed by atoms with Gasteiger partial charge in [-0.3, -0.25) is 0 Å². The van der Waals surface area contributed by atoms with E-state index in [1.807, 2.05) is 24.3 Å². The van der Waals surface area contributed by atoms with E-state index in [0.29, 0.717) is 6.42 Å². The second-order valence-electron chi connectivity index (χ2n) is 6.13. The van der Waals surface area contributed by atoms with Gasteiger partial charge in [0.05, 0.1) is 17.1 Å². The van der Waals surface area contributed by atoms with Crippen LogP contribution in [0.5, 0.6) is 0 Å². The normalized spacial score (nSPS) is 22.3. The highest BCUT2D eigenvalue weighted by Gasteiger charge is 2.38. The number of halogens is 2. The van der Waals surface area contributed by atoms with Crippen molar-refractivity contribution < 1.29 is 9.41 Å². The molecule has 0 spiro atoms. The van der Waals surface area contributed by atoms with Crippen LogP contribution in [0.2, 0.25) is 6.82 Å². The number of aromatic nitrogens is 2. The first-order valence-electron chi connectivity index (χ1n) is 7.68. The van der Waals surface area contributed by atoms with Gasteiger partial charge in [0, 0.05) is 22.8 Å². The fraction of sp³-hybridized carbons (Fsp3) is 0.312. The molecule has 0 unspecified atom stereocenters. The molecule has 0 bridgehead atoms. The Bertz CT molecular complexity index is 884. The summed E-state index contributed by atoms with van der Waals surface area (Å²) in [6.45, 7) is 1.91. The van der Waals surface area contributed by atoms with Crippen molar-refractivity contribution >= 4 is 44.8 Å². The zero-order valence-corrected chi connectivity index (χ0v) is 14.2. The molecule has 118 valence electrons. The summed E-state index contributed by atoms with van der Waals surface area (Å²) in [5.74, 6) is 0.719. The zero-order chi connectivity index (χ0) is 16.1. The number of benzene rings is 2. The maximum atomic E-state index is 13.8. The molecule has 1 aromatic heterocycles. The summed E-state index contributed by atoms with van der Waals surface area (Å²) in [6, 6.07) is 9.90. The van der Waals surface area contributed by atoms with Gasteiger partial charge in [-0.05, 0) is 30.4 Å². The fourth-order valence-electron chi connectivity index (χ4n) is 3.44. The van der Waals surface area contributed by atoms with Crippen molar-refractivity contribution in [2.75, 3.05) is 6.54 Å². The van der Waals surface area contributed by atoms with Crippen LogP contribution in [0.3, 0.4) is 0 Å². The molecular formula is C16H16BBrFN3O. The van der Waals surface area contributed by atoms with E-state index in [-0.39, 0.29) is 12.6 Å². The molecule has 0 aliphatic carbocycles. The lowest BCUT2D eigenvalue weighted by molar-refractivity contribution is 0.322. The molecule has 2 heterocycles. The predicted molar refractivity (Wildman–Crippen MR) is 94.1 cm³/mol. The first-order chi connectivity index (χ1) is 11.0. The number of imidazole rings is 1. The van der Waals surface area contributed by atoms with Crippen molar-refractivity contribution in [2.45, 2.75) is 25.5 Å². The number of H-pyrrole nitrogens is 1. The predicted octanol–water partition coefficient (Wildman–Crippen LogP) is 3.67. The molecule has 1 aliphatic rings. The van der Waals surface area contributed by atoms with Crippen molar-refractivity contribution in [3.05, 3.63) is 40.6 Å². The molecule has 2 N–H and O–H groups in total. The Kier molecular flexibility index (Phi) is 3.67. The minimum absolute atomic E-state index is 0.220. The average Bonchev–Trinajstić information content (AvgIpc) is 3.09. The van der Waals surface area contributed by atoms with E-state index < -0.39 is 13.2 Å². The number of alkyl halides is 1. The minimum Gasteiger partial charge on any atom is -0.437 e. The van der Waals surface area contributed by atoms with E-state index in [1.165, 1.54) is 0 Å². The van der Waals surface area contributed by atoms with Crippen LogP contribution < -0.4 is 0 Å². The summed E-state index contributed by atoms with van der Waals surface area (Å²) in [5, 5.41) is 12.1. The summed E-state index contributed by atoms with van der Waals surface area (Å²) in [4.78, 5) is 9.79. The number of nitrogens with zero attached hydrogens (tertiary/aromatic N) is 2. The lowest BCUT2D eigenvalue weighted by Gasteiger charge is -2.22. The molecule has 0 amide bonds. The number of nitrogens with one attached hydrogen (secondary N) is 1. The minimum atomic E-state index is -0.935. The van der Waals surface area contributed by atoms with Crippen LogP contribution >= 0.6 is 15.9 Å². The van der Waals surface area contributed by atoms with E-state index >= 15 is 0 Å². The van der Waals surface area contributed by atoms with Gasteiger partial charge in [0.2, 0.25) is 0 Å². The first kappa shape index (κ1) is 15.1. The molecule has 2 atom stereocenters. The lowest BCUT2D eigenvalue weighted by Crippen LogP contribution is -2.37. The molecule has 3 aromatic rings. The lowest BCUT2D eigenvalue weighted by atomic mass is 9.84. The van der Waals surface area contributed by atoms with Gasteiger partial charge >= 0.3 is 7.05 Å². The van der Waals surface area contributed by atoms with Crippen LogP contribution in [0.25, 0.3) is 21.8 Å². The Labute approximate surface area is 142 Å². The highest BCUT2D eigenvalue weighted by atomic mass is 79.9. The molecule has 1 aliphatic heterocycles. The number of fused-ring (bicyclic) bond motifs is 3. The Balaban J connectivity index is 1.84. The second kappa shape index (κ2) is 5.58. The summed E-state index contributed by atoms with van der Waals surface area (Å²) in [5.41, 5.74) is 1.82. The average molecular weight is 376 g/mol. The Morgan fingerprint density at radius 2 is 2.22 bits per heavy atom. The van der Waals surface area contributed by atoms with E-state index in [9.17, 15) is 9.41 Å². The van der Waals surface area contributed by atoms with Crippen LogP contribution in [-0.4, -0.2) is 39.6 Å². The van der Waals surface area contributed by atoms with E-state index in [4.69, 9.17) is 4.98 Å². The molecule has 1 fully saturated rings. The van der Waals surface area contributed by atoms with Crippen molar-refractivity contribution in [3.8, 4) is 0 Å². The van der Waals surface area contributed by atoms with E-state index in [1.54, 1.807) is 11.6 Å². The third-order valence-electron chi connectivity index (χ3n) is 4.53. The Morgan fingerprint density at radius 1 is 1.39 bits per heavy atom. The van der Waals surface area contributed by atoms with Crippen molar-refractivity contribution in [1.29, 1.82) is 0 Å². The third-order valence-corrected chi connectivity index (χ3v) is 5.03. The molecule has 1 saturated heterocycles. The van der Waals surface area contributed by atoms with Gasteiger partial charge in [-0.2, -0.15) is 0 Å². The SMILES string of the molecule is CB(O)N1C[C@H](F)C[C@H]1c1nc2c(ccc3cc(Br)ccc32)[nH]1. The topological polar surface area (TPSA) is 52.1 Å². The second-order valence-corrected chi connectivity index (χ2v) is 7.04. The number of rotatable bonds is 2. The standard InChI is InChI=1S/C16H16BBrFN3O/c1-17(23)22-8-11(19)7-14(22)16-20-13-5-2-9-6-10(18)3-4-12(9)15(13)21-16/h2-6,11,14,23H,7-8H2,1H3,(H,20,21)/t11-,14+/m1/s1. The van der Waals surface area contributed by atoms with Gasteiger partial charge < -0.3 is 14.8 Å². The molecule has 2 aromatic carbocycles. The highest BCUT2D eigenvalue weighted by Crippen LogP contribution is 2.35. The monoisotopic (exact) mass is 375 g/mol. The number of hydrogen-bond acceptors (Lipinski definition) is 3. The van der Waals surface area contributed by atoms with Crippen LogP contribution in [0, 0.1) is 0 Å². The maximum Gasteiger partial charge on any atom is 0.377 e. The third kappa shape index (κ3) is 2.57. The molecule has 7 heteroatoms. The smallest absolute Gasteiger partial charge is 0.377 e. The van der Waals surface area contributed by atoms with Crippen LogP contribution in [0.15, 0.2) is 34.8 Å². The Hall–Kier alpha value is -1.44. The molecule has 23 heavy (non-hydrogen) atoms. The molecule has 0 saturated carbocycles. The van der Waals surface area contributed by atoms with Crippen molar-refractivity contribution in [3.63, 3.8) is 0 Å². The molecule has 4 nitrogen and oxygen atoms in total. The van der Waals surface area contributed by atoms with E-state index in [2.05, 4.69) is 27.0 Å². The molecular weight excluding hydrogens is 360 g/mol. The van der Waals surface area contributed by atoms with Crippen molar-refractivity contribution in [1.82, 2.24) is 14.8 Å². The van der Waals surface area contributed by atoms with Crippen molar-refractivity contribution in [2.24, 2.45) is 0 Å².